The van der Waals surface area contributed by atoms with E-state index in [-0.39, 0.29) is 11.3 Å². The molecule has 0 aliphatic carbocycles. The summed E-state index contributed by atoms with van der Waals surface area (Å²) in [7, 11) is 4.37. The molecule has 0 saturated carbocycles. The van der Waals surface area contributed by atoms with Crippen LogP contribution in [0.5, 0.6) is 23.0 Å². The summed E-state index contributed by atoms with van der Waals surface area (Å²) in [6.07, 6.45) is 0.0240. The standard InChI is InChI=1S/C25H24N2O7/c1-31-20-13-18(14-21(32-2)23(20)33-3)25(30)34-19-11-7-8-16(12-19)15-26-27-24(29)22(28)17-9-5-4-6-10-17/h4-15,22,28H,1-3H3,(H,27,29)/b26-15-/t22-/m0/s1. The summed E-state index contributed by atoms with van der Waals surface area (Å²) in [6.45, 7) is 0. The summed E-state index contributed by atoms with van der Waals surface area (Å²) in [6, 6.07) is 18.0. The van der Waals surface area contributed by atoms with Crippen molar-refractivity contribution in [2.24, 2.45) is 5.10 Å². The van der Waals surface area contributed by atoms with E-state index in [1.165, 1.54) is 39.7 Å². The van der Waals surface area contributed by atoms with E-state index in [1.807, 2.05) is 0 Å². The lowest BCUT2D eigenvalue weighted by molar-refractivity contribution is -0.129. The summed E-state index contributed by atoms with van der Waals surface area (Å²) in [4.78, 5) is 24.8. The Morgan fingerprint density at radius 1 is 0.912 bits per heavy atom. The van der Waals surface area contributed by atoms with Gasteiger partial charge in [-0.05, 0) is 35.4 Å². The van der Waals surface area contributed by atoms with E-state index in [1.54, 1.807) is 54.6 Å². The van der Waals surface area contributed by atoms with Crippen LogP contribution in [-0.4, -0.2) is 44.5 Å². The van der Waals surface area contributed by atoms with Gasteiger partial charge in [-0.2, -0.15) is 5.10 Å². The van der Waals surface area contributed by atoms with Crippen LogP contribution >= 0.6 is 0 Å². The molecular weight excluding hydrogens is 440 g/mol. The Balaban J connectivity index is 1.67. The summed E-state index contributed by atoms with van der Waals surface area (Å²) in [5.41, 5.74) is 3.50. The predicted molar refractivity (Wildman–Crippen MR) is 125 cm³/mol. The third-order valence-corrected chi connectivity index (χ3v) is 4.72. The van der Waals surface area contributed by atoms with Crippen molar-refractivity contribution in [1.29, 1.82) is 0 Å². The highest BCUT2D eigenvalue weighted by atomic mass is 16.5. The molecule has 9 nitrogen and oxygen atoms in total. The minimum Gasteiger partial charge on any atom is -0.493 e. The first-order chi connectivity index (χ1) is 16.5. The second kappa shape index (κ2) is 11.5. The molecule has 0 aliphatic rings. The molecule has 0 heterocycles. The number of carbonyl (C=O) groups excluding carboxylic acids is 2. The molecule has 34 heavy (non-hydrogen) atoms. The maximum atomic E-state index is 12.7. The molecule has 0 spiro atoms. The number of ether oxygens (including phenoxy) is 4. The minimum atomic E-state index is -1.34. The largest absolute Gasteiger partial charge is 0.493 e. The number of nitrogens with zero attached hydrogens (tertiary/aromatic N) is 1. The summed E-state index contributed by atoms with van der Waals surface area (Å²) >= 11 is 0. The highest BCUT2D eigenvalue weighted by Gasteiger charge is 2.19. The van der Waals surface area contributed by atoms with Gasteiger partial charge in [0.1, 0.15) is 5.75 Å². The maximum absolute atomic E-state index is 12.7. The number of nitrogens with one attached hydrogen (secondary N) is 1. The van der Waals surface area contributed by atoms with Crippen molar-refractivity contribution in [3.05, 3.63) is 83.4 Å². The SMILES string of the molecule is COc1cc(C(=O)Oc2cccc(/C=N\NC(=O)[C@@H](O)c3ccccc3)c2)cc(OC)c1OC. The lowest BCUT2D eigenvalue weighted by atomic mass is 10.1. The molecule has 0 saturated heterocycles. The van der Waals surface area contributed by atoms with Gasteiger partial charge >= 0.3 is 5.97 Å². The van der Waals surface area contributed by atoms with Crippen molar-refractivity contribution in [3.8, 4) is 23.0 Å². The van der Waals surface area contributed by atoms with Crippen LogP contribution in [0, 0.1) is 0 Å². The Labute approximate surface area is 196 Å². The fraction of sp³-hybridized carbons (Fsp3) is 0.160. The molecule has 0 radical (unpaired) electrons. The van der Waals surface area contributed by atoms with Crippen molar-refractivity contribution in [3.63, 3.8) is 0 Å². The zero-order chi connectivity index (χ0) is 24.5. The normalized spacial score (nSPS) is 11.5. The van der Waals surface area contributed by atoms with Crippen molar-refractivity contribution in [2.45, 2.75) is 6.10 Å². The molecule has 0 aliphatic heterocycles. The minimum absolute atomic E-state index is 0.204. The van der Waals surface area contributed by atoms with E-state index >= 15 is 0 Å². The maximum Gasteiger partial charge on any atom is 0.343 e. The molecule has 3 aromatic carbocycles. The number of rotatable bonds is 9. The number of amides is 1. The Kier molecular flexibility index (Phi) is 8.20. The van der Waals surface area contributed by atoms with E-state index in [9.17, 15) is 14.7 Å². The number of carbonyl (C=O) groups is 2. The molecule has 0 fully saturated rings. The van der Waals surface area contributed by atoms with Gasteiger partial charge in [-0.3, -0.25) is 4.79 Å². The van der Waals surface area contributed by atoms with Crippen LogP contribution in [0.3, 0.4) is 0 Å². The molecule has 3 rings (SSSR count). The molecule has 9 heteroatoms. The Morgan fingerprint density at radius 3 is 2.21 bits per heavy atom. The van der Waals surface area contributed by atoms with E-state index in [0.717, 1.165) is 0 Å². The third-order valence-electron chi connectivity index (χ3n) is 4.72. The van der Waals surface area contributed by atoms with Crippen LogP contribution in [0.25, 0.3) is 0 Å². The first-order valence-electron chi connectivity index (χ1n) is 10.1. The third kappa shape index (κ3) is 5.90. The quantitative estimate of drug-likeness (QED) is 0.216. The molecule has 0 aromatic heterocycles. The second-order valence-electron chi connectivity index (χ2n) is 6.92. The van der Waals surface area contributed by atoms with Crippen LogP contribution in [-0.2, 0) is 4.79 Å². The first kappa shape index (κ1) is 24.3. The van der Waals surface area contributed by atoms with Gasteiger partial charge < -0.3 is 24.1 Å². The van der Waals surface area contributed by atoms with E-state index < -0.39 is 18.0 Å². The zero-order valence-corrected chi connectivity index (χ0v) is 18.8. The van der Waals surface area contributed by atoms with Crippen LogP contribution < -0.4 is 24.4 Å². The Morgan fingerprint density at radius 2 is 1.59 bits per heavy atom. The van der Waals surface area contributed by atoms with Gasteiger partial charge in [-0.1, -0.05) is 42.5 Å². The van der Waals surface area contributed by atoms with Crippen molar-refractivity contribution >= 4 is 18.1 Å². The van der Waals surface area contributed by atoms with Gasteiger partial charge in [0.15, 0.2) is 17.6 Å². The Hall–Kier alpha value is -4.37. The van der Waals surface area contributed by atoms with Gasteiger partial charge in [-0.15, -0.1) is 0 Å². The fourth-order valence-corrected chi connectivity index (χ4v) is 3.04. The van der Waals surface area contributed by atoms with Crippen LogP contribution in [0.2, 0.25) is 0 Å². The number of hydrazone groups is 1. The Bertz CT molecular complexity index is 1150. The number of aliphatic hydroxyl groups excluding tert-OH is 1. The van der Waals surface area contributed by atoms with Crippen molar-refractivity contribution in [1.82, 2.24) is 5.43 Å². The number of hydrogen-bond acceptors (Lipinski definition) is 8. The molecular formula is C25H24N2O7. The number of benzene rings is 3. The van der Waals surface area contributed by atoms with Gasteiger partial charge in [-0.25, -0.2) is 10.2 Å². The summed E-state index contributed by atoms with van der Waals surface area (Å²) in [5.74, 6) is -0.0381. The molecule has 1 amide bonds. The smallest absolute Gasteiger partial charge is 0.343 e. The van der Waals surface area contributed by atoms with Gasteiger partial charge in [0.2, 0.25) is 5.75 Å². The number of hydrogen-bond donors (Lipinski definition) is 2. The predicted octanol–water partition coefficient (Wildman–Crippen LogP) is 3.12. The second-order valence-corrected chi connectivity index (χ2v) is 6.92. The fourth-order valence-electron chi connectivity index (χ4n) is 3.04. The highest BCUT2D eigenvalue weighted by Crippen LogP contribution is 2.38. The lowest BCUT2D eigenvalue weighted by Gasteiger charge is -2.13. The highest BCUT2D eigenvalue weighted by molar-refractivity contribution is 5.93. The number of esters is 1. The van der Waals surface area contributed by atoms with Crippen LogP contribution in [0.15, 0.2) is 71.8 Å². The average molecular weight is 464 g/mol. The van der Waals surface area contributed by atoms with Gasteiger partial charge in [0, 0.05) is 0 Å². The molecule has 0 bridgehead atoms. The number of aliphatic hydroxyl groups is 1. The van der Waals surface area contributed by atoms with E-state index in [0.29, 0.717) is 28.4 Å². The molecule has 3 aromatic rings. The summed E-state index contributed by atoms with van der Waals surface area (Å²) in [5, 5.41) is 13.9. The van der Waals surface area contributed by atoms with Crippen LogP contribution in [0.4, 0.5) is 0 Å². The topological polar surface area (TPSA) is 116 Å². The van der Waals surface area contributed by atoms with E-state index in [2.05, 4.69) is 10.5 Å². The van der Waals surface area contributed by atoms with Crippen molar-refractivity contribution < 1.29 is 33.6 Å². The monoisotopic (exact) mass is 464 g/mol. The molecule has 0 unspecified atom stereocenters. The summed E-state index contributed by atoms with van der Waals surface area (Å²) < 4.78 is 21.2. The van der Waals surface area contributed by atoms with Gasteiger partial charge in [0.05, 0.1) is 33.1 Å². The number of methoxy groups -OCH3 is 3. The van der Waals surface area contributed by atoms with Gasteiger partial charge in [0.25, 0.3) is 5.91 Å². The molecule has 176 valence electrons. The first-order valence-corrected chi connectivity index (χ1v) is 10.1. The van der Waals surface area contributed by atoms with Crippen molar-refractivity contribution in [2.75, 3.05) is 21.3 Å². The average Bonchev–Trinajstić information content (AvgIpc) is 2.87. The molecule has 1 atom stereocenters. The zero-order valence-electron chi connectivity index (χ0n) is 18.8. The lowest BCUT2D eigenvalue weighted by Crippen LogP contribution is -2.25. The van der Waals surface area contributed by atoms with E-state index in [4.69, 9.17) is 18.9 Å². The van der Waals surface area contributed by atoms with Crippen LogP contribution in [0.1, 0.15) is 27.6 Å². The molecule has 2 N–H and O–H groups in total.